The van der Waals surface area contributed by atoms with E-state index in [1.165, 1.54) is 0 Å². The van der Waals surface area contributed by atoms with Gasteiger partial charge >= 0.3 is 5.97 Å². The number of nitrogens with zero attached hydrogens (tertiary/aromatic N) is 2. The van der Waals surface area contributed by atoms with E-state index in [1.807, 2.05) is 30.9 Å². The Labute approximate surface area is 192 Å². The largest absolute Gasteiger partial charge is 0.508 e. The SMILES string of the molecule is CCc1cc(O)ccc1-c1ccc2c(C3NC4=C(CN(C(C)C)C(C(=O)O)C4)N3)[nH]nc2c1. The molecule has 5 N–H and O–H groups in total. The molecule has 3 aromatic rings. The number of H-pyrrole nitrogens is 1. The summed E-state index contributed by atoms with van der Waals surface area (Å²) >= 11 is 0. The molecular weight excluding hydrogens is 418 g/mol. The molecule has 33 heavy (non-hydrogen) atoms. The van der Waals surface area contributed by atoms with Crippen molar-refractivity contribution in [3.05, 3.63) is 59.0 Å². The molecule has 0 saturated heterocycles. The summed E-state index contributed by atoms with van der Waals surface area (Å²) in [5.74, 6) is -0.518. The van der Waals surface area contributed by atoms with Crippen LogP contribution in [0.1, 0.15) is 44.6 Å². The van der Waals surface area contributed by atoms with Crippen LogP contribution in [-0.4, -0.2) is 49.9 Å². The highest BCUT2D eigenvalue weighted by atomic mass is 16.4. The molecule has 8 heteroatoms. The summed E-state index contributed by atoms with van der Waals surface area (Å²) in [6.45, 7) is 6.70. The van der Waals surface area contributed by atoms with Crippen molar-refractivity contribution in [2.75, 3.05) is 6.54 Å². The second kappa shape index (κ2) is 8.12. The lowest BCUT2D eigenvalue weighted by atomic mass is 9.96. The number of aliphatic carboxylic acids is 1. The monoisotopic (exact) mass is 447 g/mol. The molecule has 0 fully saturated rings. The number of carbonyl (C=O) groups is 1. The van der Waals surface area contributed by atoms with Crippen molar-refractivity contribution in [2.45, 2.75) is 51.9 Å². The lowest BCUT2D eigenvalue weighted by Gasteiger charge is -2.36. The minimum atomic E-state index is -0.791. The Morgan fingerprint density at radius 2 is 1.97 bits per heavy atom. The number of carboxylic acids is 1. The van der Waals surface area contributed by atoms with Crippen molar-refractivity contribution in [3.63, 3.8) is 0 Å². The molecule has 172 valence electrons. The number of aryl methyl sites for hydroxylation is 1. The van der Waals surface area contributed by atoms with E-state index >= 15 is 0 Å². The van der Waals surface area contributed by atoms with Crippen molar-refractivity contribution in [2.24, 2.45) is 0 Å². The summed E-state index contributed by atoms with van der Waals surface area (Å²) < 4.78 is 0. The Morgan fingerprint density at radius 3 is 2.70 bits per heavy atom. The zero-order chi connectivity index (χ0) is 23.3. The summed E-state index contributed by atoms with van der Waals surface area (Å²) in [6.07, 6.45) is 1.08. The summed E-state index contributed by atoms with van der Waals surface area (Å²) in [7, 11) is 0. The standard InChI is InChI=1S/C25H29N5O3/c1-4-14-9-16(31)6-8-17(14)15-5-7-18-19(10-15)28-29-23(18)24-26-20-11-22(25(32)33)30(13(2)3)12-21(20)27-24/h5-10,13,22,24,26-27,31H,4,11-12H2,1-3H3,(H,28,29)(H,32,33). The first kappa shape index (κ1) is 21.3. The molecule has 2 aromatic carbocycles. The average Bonchev–Trinajstić information content (AvgIpc) is 3.40. The number of aromatic hydroxyl groups is 1. The summed E-state index contributed by atoms with van der Waals surface area (Å²) in [5.41, 5.74) is 7.02. The van der Waals surface area contributed by atoms with Crippen LogP contribution in [0.25, 0.3) is 22.0 Å². The molecular formula is C25H29N5O3. The molecule has 0 amide bonds. The molecule has 2 unspecified atom stereocenters. The molecule has 1 aromatic heterocycles. The normalized spacial score (nSPS) is 20.7. The molecule has 0 aliphatic carbocycles. The number of benzene rings is 2. The van der Waals surface area contributed by atoms with Gasteiger partial charge in [0.25, 0.3) is 0 Å². The second-order valence-electron chi connectivity index (χ2n) is 9.07. The highest BCUT2D eigenvalue weighted by Crippen LogP contribution is 2.34. The van der Waals surface area contributed by atoms with Gasteiger partial charge < -0.3 is 20.8 Å². The number of aromatic nitrogens is 2. The van der Waals surface area contributed by atoms with E-state index in [1.54, 1.807) is 6.07 Å². The maximum atomic E-state index is 11.8. The Morgan fingerprint density at radius 1 is 1.18 bits per heavy atom. The highest BCUT2D eigenvalue weighted by molar-refractivity contribution is 5.87. The van der Waals surface area contributed by atoms with Crippen LogP contribution in [-0.2, 0) is 11.2 Å². The van der Waals surface area contributed by atoms with Gasteiger partial charge in [0.15, 0.2) is 0 Å². The second-order valence-corrected chi connectivity index (χ2v) is 9.07. The number of rotatable bonds is 5. The minimum absolute atomic E-state index is 0.139. The van der Waals surface area contributed by atoms with Crippen LogP contribution in [0.3, 0.4) is 0 Å². The molecule has 8 nitrogen and oxygen atoms in total. The molecule has 2 aliphatic heterocycles. The Kier molecular flexibility index (Phi) is 5.25. The first-order valence-electron chi connectivity index (χ1n) is 11.4. The van der Waals surface area contributed by atoms with E-state index < -0.39 is 12.0 Å². The number of aromatic amines is 1. The van der Waals surface area contributed by atoms with E-state index in [2.05, 4.69) is 46.0 Å². The molecule has 2 atom stereocenters. The van der Waals surface area contributed by atoms with Gasteiger partial charge in [-0.05, 0) is 55.2 Å². The van der Waals surface area contributed by atoms with Gasteiger partial charge in [0.05, 0.1) is 11.2 Å². The van der Waals surface area contributed by atoms with Gasteiger partial charge in [0.1, 0.15) is 18.0 Å². The number of phenolic OH excluding ortho intramolecular Hbond substituents is 1. The van der Waals surface area contributed by atoms with E-state index in [0.717, 1.165) is 51.1 Å². The van der Waals surface area contributed by atoms with Crippen LogP contribution in [0, 0.1) is 0 Å². The van der Waals surface area contributed by atoms with Crippen molar-refractivity contribution in [1.29, 1.82) is 0 Å². The lowest BCUT2D eigenvalue weighted by molar-refractivity contribution is -0.144. The molecule has 5 rings (SSSR count). The third-order valence-electron chi connectivity index (χ3n) is 6.74. The Hall–Kier alpha value is -3.52. The third kappa shape index (κ3) is 3.70. The fourth-order valence-electron chi connectivity index (χ4n) is 4.98. The Bertz CT molecular complexity index is 1260. The van der Waals surface area contributed by atoms with Gasteiger partial charge in [-0.25, -0.2) is 0 Å². The number of nitrogens with one attached hydrogen (secondary N) is 3. The van der Waals surface area contributed by atoms with E-state index in [4.69, 9.17) is 0 Å². The van der Waals surface area contributed by atoms with E-state index in [9.17, 15) is 15.0 Å². The molecule has 3 heterocycles. The first-order chi connectivity index (χ1) is 15.9. The van der Waals surface area contributed by atoms with Crippen LogP contribution < -0.4 is 10.6 Å². The quantitative estimate of drug-likeness (QED) is 0.407. The average molecular weight is 448 g/mol. The Balaban J connectivity index is 1.42. The van der Waals surface area contributed by atoms with E-state index in [0.29, 0.717) is 13.0 Å². The van der Waals surface area contributed by atoms with Crippen LogP contribution in [0.4, 0.5) is 0 Å². The number of fused-ring (bicyclic) bond motifs is 1. The minimum Gasteiger partial charge on any atom is -0.508 e. The number of hydrogen-bond acceptors (Lipinski definition) is 6. The zero-order valence-corrected chi connectivity index (χ0v) is 19.0. The van der Waals surface area contributed by atoms with Crippen molar-refractivity contribution in [3.8, 4) is 16.9 Å². The summed E-state index contributed by atoms with van der Waals surface area (Å²) in [6, 6.07) is 11.3. The zero-order valence-electron chi connectivity index (χ0n) is 19.0. The van der Waals surface area contributed by atoms with Gasteiger partial charge in [-0.1, -0.05) is 25.1 Å². The highest BCUT2D eigenvalue weighted by Gasteiger charge is 2.38. The van der Waals surface area contributed by atoms with Crippen molar-refractivity contribution in [1.82, 2.24) is 25.7 Å². The van der Waals surface area contributed by atoms with Gasteiger partial charge in [0.2, 0.25) is 0 Å². The van der Waals surface area contributed by atoms with Crippen molar-refractivity contribution < 1.29 is 15.0 Å². The van der Waals surface area contributed by atoms with Gasteiger partial charge in [-0.15, -0.1) is 0 Å². The first-order valence-corrected chi connectivity index (χ1v) is 11.4. The van der Waals surface area contributed by atoms with Gasteiger partial charge in [-0.2, -0.15) is 5.10 Å². The van der Waals surface area contributed by atoms with Crippen LogP contribution >= 0.6 is 0 Å². The molecule has 0 radical (unpaired) electrons. The lowest BCUT2D eigenvalue weighted by Crippen LogP contribution is -2.49. The fourth-order valence-corrected chi connectivity index (χ4v) is 4.98. The topological polar surface area (TPSA) is 114 Å². The predicted molar refractivity (Wildman–Crippen MR) is 126 cm³/mol. The predicted octanol–water partition coefficient (Wildman–Crippen LogP) is 3.47. The molecule has 0 saturated carbocycles. The van der Waals surface area contributed by atoms with Gasteiger partial charge in [-0.3, -0.25) is 14.8 Å². The maximum absolute atomic E-state index is 11.8. The number of phenols is 1. The number of hydrogen-bond donors (Lipinski definition) is 5. The smallest absolute Gasteiger partial charge is 0.321 e. The number of carboxylic acid groups (broad SMARTS) is 1. The van der Waals surface area contributed by atoms with Crippen LogP contribution in [0.2, 0.25) is 0 Å². The fraction of sp³-hybridized carbons (Fsp3) is 0.360. The molecule has 0 spiro atoms. The van der Waals surface area contributed by atoms with E-state index in [-0.39, 0.29) is 18.0 Å². The van der Waals surface area contributed by atoms with Crippen LogP contribution in [0.15, 0.2) is 47.8 Å². The van der Waals surface area contributed by atoms with Gasteiger partial charge in [0, 0.05) is 35.8 Å². The molecule has 0 bridgehead atoms. The third-order valence-corrected chi connectivity index (χ3v) is 6.74. The summed E-state index contributed by atoms with van der Waals surface area (Å²) in [4.78, 5) is 13.8. The maximum Gasteiger partial charge on any atom is 0.321 e. The van der Waals surface area contributed by atoms with Crippen LogP contribution in [0.5, 0.6) is 5.75 Å². The van der Waals surface area contributed by atoms with Crippen molar-refractivity contribution >= 4 is 16.9 Å². The summed E-state index contributed by atoms with van der Waals surface area (Å²) in [5, 5.41) is 35.3. The molecule has 2 aliphatic rings.